The highest BCUT2D eigenvalue weighted by atomic mass is 19.1. The van der Waals surface area contributed by atoms with E-state index >= 15 is 0 Å². The van der Waals surface area contributed by atoms with E-state index in [1.807, 2.05) is 0 Å². The highest BCUT2D eigenvalue weighted by Gasteiger charge is 2.33. The van der Waals surface area contributed by atoms with Crippen LogP contribution in [0.1, 0.15) is 20.3 Å². The monoisotopic (exact) mass is 217 g/mol. The molecule has 0 fully saturated rings. The van der Waals surface area contributed by atoms with Gasteiger partial charge in [-0.25, -0.2) is 9.18 Å². The summed E-state index contributed by atoms with van der Waals surface area (Å²) in [7, 11) is 0. The average molecular weight is 217 g/mol. The zero-order valence-electron chi connectivity index (χ0n) is 8.80. The van der Waals surface area contributed by atoms with Crippen LogP contribution >= 0.6 is 0 Å². The first kappa shape index (κ1) is 13.6. The third-order valence-electron chi connectivity index (χ3n) is 1.80. The molecule has 6 heteroatoms. The topological polar surface area (TPSA) is 99.2 Å². The Balaban J connectivity index is 4.20. The average Bonchev–Trinajstić information content (AvgIpc) is 2.11. The van der Waals surface area contributed by atoms with Crippen molar-refractivity contribution < 1.29 is 14.3 Å². The Morgan fingerprint density at radius 3 is 2.67 bits per heavy atom. The van der Waals surface area contributed by atoms with Crippen LogP contribution in [-0.4, -0.2) is 29.0 Å². The van der Waals surface area contributed by atoms with E-state index in [0.29, 0.717) is 6.54 Å². The maximum Gasteiger partial charge on any atom is 0.330 e. The molecular weight excluding hydrogens is 201 g/mol. The molecule has 0 saturated heterocycles. The van der Waals surface area contributed by atoms with Gasteiger partial charge in [-0.1, -0.05) is 0 Å². The van der Waals surface area contributed by atoms with E-state index in [1.165, 1.54) is 0 Å². The van der Waals surface area contributed by atoms with E-state index < -0.39 is 17.3 Å². The van der Waals surface area contributed by atoms with Gasteiger partial charge in [-0.2, -0.15) is 0 Å². The number of hydrogen-bond donors (Lipinski definition) is 4. The minimum absolute atomic E-state index is 0.276. The summed E-state index contributed by atoms with van der Waals surface area (Å²) in [6.07, 6.45) is 1.40. The van der Waals surface area contributed by atoms with Crippen LogP contribution in [0, 0.1) is 5.41 Å². The Kier molecular flexibility index (Phi) is 4.93. The number of nitrogens with two attached hydrogens (primary N) is 1. The Morgan fingerprint density at radius 2 is 2.27 bits per heavy atom. The van der Waals surface area contributed by atoms with Gasteiger partial charge in [-0.15, -0.1) is 0 Å². The van der Waals surface area contributed by atoms with Gasteiger partial charge in [0.1, 0.15) is 5.83 Å². The summed E-state index contributed by atoms with van der Waals surface area (Å²) >= 11 is 0. The summed E-state index contributed by atoms with van der Waals surface area (Å²) in [5.41, 5.74) is 3.27. The van der Waals surface area contributed by atoms with Crippen LogP contribution in [0.25, 0.3) is 0 Å². The molecule has 0 heterocycles. The van der Waals surface area contributed by atoms with Crippen molar-refractivity contribution in [1.82, 2.24) is 5.32 Å². The maximum atomic E-state index is 13.2. The van der Waals surface area contributed by atoms with Gasteiger partial charge in [-0.05, 0) is 26.3 Å². The highest BCUT2D eigenvalue weighted by molar-refractivity contribution is 5.81. The van der Waals surface area contributed by atoms with Crippen molar-refractivity contribution in [3.05, 3.63) is 11.9 Å². The fraction of sp³-hybridized carbons (Fsp3) is 0.556. The third kappa shape index (κ3) is 4.55. The smallest absolute Gasteiger partial charge is 0.330 e. The van der Waals surface area contributed by atoms with Gasteiger partial charge in [0.05, 0.1) is 5.84 Å². The molecule has 5 nitrogen and oxygen atoms in total. The molecule has 0 radical (unpaired) electrons. The van der Waals surface area contributed by atoms with Crippen LogP contribution in [0.5, 0.6) is 0 Å². The number of amidine groups is 1. The minimum Gasteiger partial charge on any atom is -0.480 e. The second-order valence-corrected chi connectivity index (χ2v) is 3.40. The lowest BCUT2D eigenvalue weighted by atomic mass is 10.0. The molecule has 0 unspecified atom stereocenters. The summed E-state index contributed by atoms with van der Waals surface area (Å²) < 4.78 is 13.2. The zero-order chi connectivity index (χ0) is 12.1. The van der Waals surface area contributed by atoms with Gasteiger partial charge >= 0.3 is 5.97 Å². The molecule has 0 amide bonds. The van der Waals surface area contributed by atoms with Crippen molar-refractivity contribution in [2.45, 2.75) is 25.8 Å². The maximum absolute atomic E-state index is 13.2. The van der Waals surface area contributed by atoms with E-state index in [9.17, 15) is 9.18 Å². The van der Waals surface area contributed by atoms with Crippen LogP contribution < -0.4 is 11.1 Å². The molecule has 1 atom stereocenters. The number of hydrogen-bond acceptors (Lipinski definition) is 3. The predicted molar refractivity (Wildman–Crippen MR) is 55.4 cm³/mol. The molecule has 0 spiro atoms. The molecule has 0 aliphatic heterocycles. The van der Waals surface area contributed by atoms with Crippen molar-refractivity contribution in [2.75, 3.05) is 6.54 Å². The Labute approximate surface area is 87.7 Å². The van der Waals surface area contributed by atoms with Crippen LogP contribution in [0.2, 0.25) is 0 Å². The molecule has 5 N–H and O–H groups in total. The predicted octanol–water partition coefficient (Wildman–Crippen LogP) is 0.619. The van der Waals surface area contributed by atoms with E-state index in [-0.39, 0.29) is 12.3 Å². The summed E-state index contributed by atoms with van der Waals surface area (Å²) in [4.78, 5) is 10.5. The molecule has 0 aromatic heterocycles. The van der Waals surface area contributed by atoms with E-state index in [2.05, 4.69) is 5.32 Å². The van der Waals surface area contributed by atoms with Gasteiger partial charge in [-0.3, -0.25) is 5.41 Å². The first-order valence-corrected chi connectivity index (χ1v) is 4.46. The molecule has 0 rings (SSSR count). The van der Waals surface area contributed by atoms with Crippen molar-refractivity contribution in [3.63, 3.8) is 0 Å². The molecule has 0 saturated carbocycles. The Bertz CT molecular complexity index is 287. The molecule has 0 bridgehead atoms. The van der Waals surface area contributed by atoms with Crippen LogP contribution in [-0.2, 0) is 4.79 Å². The van der Waals surface area contributed by atoms with Crippen molar-refractivity contribution >= 4 is 11.8 Å². The lowest BCUT2D eigenvalue weighted by molar-refractivity contribution is -0.141. The number of nitrogens with one attached hydrogen (secondary N) is 2. The summed E-state index contributed by atoms with van der Waals surface area (Å²) in [6.45, 7) is 3.03. The number of carbonyl (C=O) groups is 1. The fourth-order valence-corrected chi connectivity index (χ4v) is 0.773. The van der Waals surface area contributed by atoms with Crippen LogP contribution in [0.4, 0.5) is 4.39 Å². The van der Waals surface area contributed by atoms with Gasteiger partial charge in [0, 0.05) is 6.54 Å². The lowest BCUT2D eigenvalue weighted by Gasteiger charge is -2.16. The second-order valence-electron chi connectivity index (χ2n) is 3.40. The summed E-state index contributed by atoms with van der Waals surface area (Å²) in [5.74, 6) is -2.01. The zero-order valence-corrected chi connectivity index (χ0v) is 8.80. The van der Waals surface area contributed by atoms with Gasteiger partial charge in [0.15, 0.2) is 5.54 Å². The molecule has 0 aliphatic carbocycles. The highest BCUT2D eigenvalue weighted by Crippen LogP contribution is 2.15. The van der Waals surface area contributed by atoms with Crippen LogP contribution in [0.15, 0.2) is 11.9 Å². The van der Waals surface area contributed by atoms with Crippen molar-refractivity contribution in [1.29, 1.82) is 5.41 Å². The number of rotatable bonds is 5. The number of carboxylic acid groups (broad SMARTS) is 1. The number of halogens is 1. The van der Waals surface area contributed by atoms with Gasteiger partial charge in [0.25, 0.3) is 0 Å². The third-order valence-corrected chi connectivity index (χ3v) is 1.80. The Hall–Kier alpha value is -1.43. The largest absolute Gasteiger partial charge is 0.480 e. The molecule has 0 aromatic carbocycles. The molecule has 15 heavy (non-hydrogen) atoms. The number of carboxylic acids is 1. The van der Waals surface area contributed by atoms with E-state index in [0.717, 1.165) is 13.0 Å². The molecule has 0 aliphatic rings. The Morgan fingerprint density at radius 1 is 1.73 bits per heavy atom. The fourth-order valence-electron chi connectivity index (χ4n) is 0.773. The standard InChI is InChI=1S/C9H16FN3O2/c1-6(11)13-5-3-4-7(10)9(2,12)8(14)15/h4H,3,5,12H2,1-2H3,(H2,11,13)(H,14,15)/b7-4+/t9-/m1/s1. The number of aliphatic carboxylic acids is 1. The molecule has 0 aromatic rings. The summed E-state index contributed by atoms with van der Waals surface area (Å²) in [5, 5.41) is 18.3. The van der Waals surface area contributed by atoms with E-state index in [1.54, 1.807) is 6.92 Å². The lowest BCUT2D eigenvalue weighted by Crippen LogP contribution is -2.45. The second kappa shape index (κ2) is 5.45. The first-order chi connectivity index (χ1) is 6.78. The first-order valence-electron chi connectivity index (χ1n) is 4.46. The quantitative estimate of drug-likeness (QED) is 0.308. The van der Waals surface area contributed by atoms with Crippen molar-refractivity contribution in [2.24, 2.45) is 5.73 Å². The molecular formula is C9H16FN3O2. The van der Waals surface area contributed by atoms with Crippen LogP contribution in [0.3, 0.4) is 0 Å². The van der Waals surface area contributed by atoms with Gasteiger partial charge in [0.2, 0.25) is 0 Å². The van der Waals surface area contributed by atoms with E-state index in [4.69, 9.17) is 16.2 Å². The van der Waals surface area contributed by atoms with Crippen molar-refractivity contribution in [3.8, 4) is 0 Å². The molecule has 86 valence electrons. The SMILES string of the molecule is CC(=N)NCC/C=C(/F)[C@@](C)(N)C(=O)O. The minimum atomic E-state index is -1.97. The normalized spacial score (nSPS) is 15.6. The van der Waals surface area contributed by atoms with Gasteiger partial charge < -0.3 is 16.2 Å². The summed E-state index contributed by atoms with van der Waals surface area (Å²) in [6, 6.07) is 0.